The summed E-state index contributed by atoms with van der Waals surface area (Å²) < 4.78 is 0. The fourth-order valence-electron chi connectivity index (χ4n) is 9.24. The van der Waals surface area contributed by atoms with Gasteiger partial charge in [-0.15, -0.1) is 0 Å². The first kappa shape index (κ1) is 41.7. The molecule has 0 radical (unpaired) electrons. The molecule has 0 unspecified atom stereocenters. The van der Waals surface area contributed by atoms with Gasteiger partial charge in [0.05, 0.1) is 0 Å². The zero-order valence-corrected chi connectivity index (χ0v) is 37.6. The van der Waals surface area contributed by atoms with Crippen molar-refractivity contribution in [2.45, 2.75) is 0 Å². The van der Waals surface area contributed by atoms with Gasteiger partial charge < -0.3 is 9.80 Å². The van der Waals surface area contributed by atoms with Crippen LogP contribution in [0.1, 0.15) is 0 Å². The highest BCUT2D eigenvalue weighted by Crippen LogP contribution is 2.44. The summed E-state index contributed by atoms with van der Waals surface area (Å²) in [5, 5.41) is 0. The lowest BCUT2D eigenvalue weighted by atomic mass is 9.93. The van der Waals surface area contributed by atoms with Crippen molar-refractivity contribution in [3.63, 3.8) is 0 Å². The van der Waals surface area contributed by atoms with Gasteiger partial charge in [0.1, 0.15) is 0 Å². The van der Waals surface area contributed by atoms with E-state index >= 15 is 0 Å². The molecule has 0 aliphatic rings. The number of anilines is 6. The maximum absolute atomic E-state index is 2.38. The van der Waals surface area contributed by atoms with Crippen LogP contribution in [0.3, 0.4) is 0 Å². The lowest BCUT2D eigenvalue weighted by molar-refractivity contribution is 1.28. The molecule has 0 spiro atoms. The van der Waals surface area contributed by atoms with Gasteiger partial charge in [0, 0.05) is 34.1 Å². The monoisotopic (exact) mass is 868 g/mol. The van der Waals surface area contributed by atoms with E-state index in [4.69, 9.17) is 0 Å². The molecule has 11 aromatic rings. The molecule has 0 bridgehead atoms. The van der Waals surface area contributed by atoms with Gasteiger partial charge in [0.25, 0.3) is 0 Å². The van der Waals surface area contributed by atoms with Gasteiger partial charge in [-0.2, -0.15) is 0 Å². The van der Waals surface area contributed by atoms with Crippen LogP contribution >= 0.6 is 0 Å². The smallest absolute Gasteiger partial charge is 0.0468 e. The zero-order chi connectivity index (χ0) is 45.5. The van der Waals surface area contributed by atoms with E-state index in [0.29, 0.717) is 0 Å². The molecule has 2 heteroatoms. The molecular formula is C66H48N2. The number of nitrogens with zero attached hydrogens (tertiary/aromatic N) is 2. The Morgan fingerprint density at radius 3 is 0.809 bits per heavy atom. The third-order valence-corrected chi connectivity index (χ3v) is 12.7. The molecule has 0 amide bonds. The minimum atomic E-state index is 1.07. The molecule has 0 atom stereocenters. The lowest BCUT2D eigenvalue weighted by Crippen LogP contribution is -2.10. The van der Waals surface area contributed by atoms with Crippen molar-refractivity contribution in [1.82, 2.24) is 0 Å². The minimum Gasteiger partial charge on any atom is -0.310 e. The van der Waals surface area contributed by atoms with Crippen molar-refractivity contribution in [2.24, 2.45) is 0 Å². The molecule has 0 saturated heterocycles. The van der Waals surface area contributed by atoms with Crippen LogP contribution in [0, 0.1) is 0 Å². The van der Waals surface area contributed by atoms with E-state index in [9.17, 15) is 0 Å². The van der Waals surface area contributed by atoms with Crippen LogP contribution in [0.2, 0.25) is 0 Å². The Bertz CT molecular complexity index is 3390. The van der Waals surface area contributed by atoms with Crippen molar-refractivity contribution in [3.8, 4) is 66.8 Å². The van der Waals surface area contributed by atoms with Crippen LogP contribution in [0.4, 0.5) is 34.1 Å². The number of hydrogen-bond donors (Lipinski definition) is 0. The van der Waals surface area contributed by atoms with E-state index in [0.717, 1.165) is 56.4 Å². The molecule has 0 N–H and O–H groups in total. The van der Waals surface area contributed by atoms with Crippen molar-refractivity contribution in [3.05, 3.63) is 291 Å². The van der Waals surface area contributed by atoms with Crippen LogP contribution in [0.25, 0.3) is 66.8 Å². The highest BCUT2D eigenvalue weighted by molar-refractivity contribution is 5.91. The second-order valence-electron chi connectivity index (χ2n) is 17.0. The predicted octanol–water partition coefficient (Wildman–Crippen LogP) is 18.6. The van der Waals surface area contributed by atoms with E-state index in [1.807, 2.05) is 0 Å². The standard InChI is InChI=1S/C66H48N2/c1-6-18-49(19-7-1)53-32-38-59(39-33-53)67(62-30-16-28-57(46-62)51-22-10-3-11-23-51)60-42-36-56(37-43-60)65-45-44-64(48-66(65)55-26-14-5-15-27-55)68(61-40-34-54(35-41-61)50-20-8-2-9-21-50)63-31-17-29-58(47-63)52-24-12-4-13-25-52/h1-48H. The second kappa shape index (κ2) is 19.2. The maximum Gasteiger partial charge on any atom is 0.0468 e. The maximum atomic E-state index is 2.38. The Hall–Kier alpha value is -8.98. The molecular weight excluding hydrogens is 821 g/mol. The van der Waals surface area contributed by atoms with Crippen molar-refractivity contribution >= 4 is 34.1 Å². The molecule has 68 heavy (non-hydrogen) atoms. The highest BCUT2D eigenvalue weighted by atomic mass is 15.1. The van der Waals surface area contributed by atoms with Crippen molar-refractivity contribution < 1.29 is 0 Å². The predicted molar refractivity (Wildman–Crippen MR) is 288 cm³/mol. The third-order valence-electron chi connectivity index (χ3n) is 12.7. The van der Waals surface area contributed by atoms with E-state index in [-0.39, 0.29) is 0 Å². The summed E-state index contributed by atoms with van der Waals surface area (Å²) in [6, 6.07) is 105. The molecule has 0 aliphatic carbocycles. The summed E-state index contributed by atoms with van der Waals surface area (Å²) >= 11 is 0. The SMILES string of the molecule is c1ccc(-c2ccc(N(c3ccc(-c4ccc(N(c5ccc(-c6ccccc6)cc5)c5cccc(-c6ccccc6)c5)cc4-c4ccccc4)cc3)c3cccc(-c4ccccc4)c3)cc2)cc1. The second-order valence-corrected chi connectivity index (χ2v) is 17.0. The third kappa shape index (κ3) is 8.87. The van der Waals surface area contributed by atoms with E-state index in [1.165, 1.54) is 44.5 Å². The van der Waals surface area contributed by atoms with Gasteiger partial charge in [-0.1, -0.05) is 218 Å². The Balaban J connectivity index is 1.01. The molecule has 0 saturated carbocycles. The topological polar surface area (TPSA) is 6.48 Å². The Labute approximate surface area is 400 Å². The average Bonchev–Trinajstić information content (AvgIpc) is 3.43. The van der Waals surface area contributed by atoms with Crippen molar-refractivity contribution in [2.75, 3.05) is 9.80 Å². The van der Waals surface area contributed by atoms with E-state index in [2.05, 4.69) is 301 Å². The number of rotatable bonds is 12. The van der Waals surface area contributed by atoms with Gasteiger partial charge in [-0.25, -0.2) is 0 Å². The zero-order valence-electron chi connectivity index (χ0n) is 37.6. The Morgan fingerprint density at radius 1 is 0.147 bits per heavy atom. The first-order chi connectivity index (χ1) is 33.7. The summed E-state index contributed by atoms with van der Waals surface area (Å²) in [5.74, 6) is 0. The van der Waals surface area contributed by atoms with E-state index < -0.39 is 0 Å². The van der Waals surface area contributed by atoms with E-state index in [1.54, 1.807) is 0 Å². The van der Waals surface area contributed by atoms with Crippen molar-refractivity contribution in [1.29, 1.82) is 0 Å². The quantitative estimate of drug-likeness (QED) is 0.121. The molecule has 0 fully saturated rings. The summed E-state index contributed by atoms with van der Waals surface area (Å²) in [5.41, 5.74) is 20.6. The Morgan fingerprint density at radius 2 is 0.412 bits per heavy atom. The minimum absolute atomic E-state index is 1.07. The van der Waals surface area contributed by atoms with Gasteiger partial charge in [-0.05, 0) is 140 Å². The van der Waals surface area contributed by atoms with Crippen LogP contribution in [-0.2, 0) is 0 Å². The largest absolute Gasteiger partial charge is 0.310 e. The summed E-state index contributed by atoms with van der Waals surface area (Å²) in [7, 11) is 0. The molecule has 0 heterocycles. The number of benzene rings is 11. The first-order valence-corrected chi connectivity index (χ1v) is 23.2. The van der Waals surface area contributed by atoms with Gasteiger partial charge >= 0.3 is 0 Å². The van der Waals surface area contributed by atoms with Gasteiger partial charge in [-0.3, -0.25) is 0 Å². The Kier molecular flexibility index (Phi) is 11.8. The van der Waals surface area contributed by atoms with Crippen LogP contribution < -0.4 is 9.80 Å². The first-order valence-electron chi connectivity index (χ1n) is 23.2. The fourth-order valence-corrected chi connectivity index (χ4v) is 9.24. The highest BCUT2D eigenvalue weighted by Gasteiger charge is 2.19. The molecule has 11 aromatic carbocycles. The van der Waals surface area contributed by atoms with Gasteiger partial charge in [0.2, 0.25) is 0 Å². The van der Waals surface area contributed by atoms with Crippen LogP contribution in [0.5, 0.6) is 0 Å². The molecule has 322 valence electrons. The molecule has 0 aliphatic heterocycles. The summed E-state index contributed by atoms with van der Waals surface area (Å²) in [4.78, 5) is 4.74. The van der Waals surface area contributed by atoms with Crippen LogP contribution in [0.15, 0.2) is 291 Å². The van der Waals surface area contributed by atoms with Gasteiger partial charge in [0.15, 0.2) is 0 Å². The normalized spacial score (nSPS) is 10.9. The number of hydrogen-bond acceptors (Lipinski definition) is 2. The summed E-state index contributed by atoms with van der Waals surface area (Å²) in [6.07, 6.45) is 0. The molecule has 0 aromatic heterocycles. The van der Waals surface area contributed by atoms with Crippen LogP contribution in [-0.4, -0.2) is 0 Å². The molecule has 11 rings (SSSR count). The average molecular weight is 869 g/mol. The fraction of sp³-hybridized carbons (Fsp3) is 0. The molecule has 2 nitrogen and oxygen atoms in total. The lowest BCUT2D eigenvalue weighted by Gasteiger charge is -2.28. The summed E-state index contributed by atoms with van der Waals surface area (Å²) in [6.45, 7) is 0.